The van der Waals surface area contributed by atoms with Crippen LogP contribution in [0.25, 0.3) is 6.08 Å². The molecule has 0 bridgehead atoms. The van der Waals surface area contributed by atoms with Gasteiger partial charge in [-0.25, -0.2) is 0 Å². The van der Waals surface area contributed by atoms with Gasteiger partial charge in [0.1, 0.15) is 17.2 Å². The Balaban J connectivity index is 1.61. The number of esters is 1. The molecule has 3 heterocycles. The Bertz CT molecular complexity index is 1330. The molecule has 2 aliphatic rings. The van der Waals surface area contributed by atoms with Gasteiger partial charge in [-0.1, -0.05) is 6.07 Å². The van der Waals surface area contributed by atoms with Crippen molar-refractivity contribution < 1.29 is 33.3 Å². The standard InChI is InChI=1S/C26H21NO7/c1-30-19-12-21(32-3)20(31-2)9-15(19)10-22-25(29)16-6-7-18-24(26(16)34-22)17(11-23(28)33-18)14-5-4-8-27-13-14/h4-10,12-13,17H,11H2,1-3H3/b22-10-/t17-/m1/s1. The minimum atomic E-state index is -0.351. The summed E-state index contributed by atoms with van der Waals surface area (Å²) in [5.74, 6) is 1.38. The fourth-order valence-electron chi connectivity index (χ4n) is 4.28. The zero-order valence-electron chi connectivity index (χ0n) is 18.8. The molecule has 0 radical (unpaired) electrons. The number of Topliss-reactive ketones (excluding diaryl/α,β-unsaturated/α-hetero) is 1. The number of ketones is 1. The van der Waals surface area contributed by atoms with Crippen molar-refractivity contribution >= 4 is 17.8 Å². The van der Waals surface area contributed by atoms with Gasteiger partial charge < -0.3 is 23.7 Å². The molecule has 1 atom stereocenters. The molecular weight excluding hydrogens is 438 g/mol. The Morgan fingerprint density at radius 1 is 0.971 bits per heavy atom. The maximum Gasteiger partial charge on any atom is 0.312 e. The highest BCUT2D eigenvalue weighted by molar-refractivity contribution is 6.15. The number of hydrogen-bond acceptors (Lipinski definition) is 8. The molecule has 0 saturated heterocycles. The summed E-state index contributed by atoms with van der Waals surface area (Å²) in [5.41, 5.74) is 2.47. The molecule has 0 unspecified atom stereocenters. The zero-order valence-corrected chi connectivity index (χ0v) is 18.8. The molecule has 172 valence electrons. The summed E-state index contributed by atoms with van der Waals surface area (Å²) in [4.78, 5) is 29.7. The van der Waals surface area contributed by atoms with Gasteiger partial charge in [0.05, 0.1) is 33.3 Å². The summed E-state index contributed by atoms with van der Waals surface area (Å²) in [6.45, 7) is 0. The topological polar surface area (TPSA) is 93.2 Å². The van der Waals surface area contributed by atoms with Crippen molar-refractivity contribution in [1.29, 1.82) is 0 Å². The Kier molecular flexibility index (Phi) is 5.41. The molecule has 34 heavy (non-hydrogen) atoms. The normalized spacial score (nSPS) is 17.5. The molecule has 0 fully saturated rings. The fraction of sp³-hybridized carbons (Fsp3) is 0.192. The molecule has 8 nitrogen and oxygen atoms in total. The van der Waals surface area contributed by atoms with Crippen LogP contribution in [0.3, 0.4) is 0 Å². The number of aromatic nitrogens is 1. The van der Waals surface area contributed by atoms with Gasteiger partial charge in [0.2, 0.25) is 5.78 Å². The summed E-state index contributed by atoms with van der Waals surface area (Å²) in [5, 5.41) is 0. The summed E-state index contributed by atoms with van der Waals surface area (Å²) in [6.07, 6.45) is 5.09. The van der Waals surface area contributed by atoms with E-state index in [1.807, 2.05) is 6.07 Å². The summed E-state index contributed by atoms with van der Waals surface area (Å²) in [6, 6.07) is 10.3. The van der Waals surface area contributed by atoms with Crippen molar-refractivity contribution in [3.05, 3.63) is 76.8 Å². The van der Waals surface area contributed by atoms with Gasteiger partial charge in [0, 0.05) is 35.5 Å². The van der Waals surface area contributed by atoms with Crippen LogP contribution in [0.1, 0.15) is 39.4 Å². The number of carbonyl (C=O) groups is 2. The minimum Gasteiger partial charge on any atom is -0.496 e. The van der Waals surface area contributed by atoms with Gasteiger partial charge >= 0.3 is 5.97 Å². The van der Waals surface area contributed by atoms with Crippen LogP contribution in [0, 0.1) is 0 Å². The predicted molar refractivity (Wildman–Crippen MR) is 122 cm³/mol. The quantitative estimate of drug-likeness (QED) is 0.319. The molecule has 0 amide bonds. The smallest absolute Gasteiger partial charge is 0.312 e. The van der Waals surface area contributed by atoms with Gasteiger partial charge in [-0.15, -0.1) is 0 Å². The third-order valence-corrected chi connectivity index (χ3v) is 5.89. The lowest BCUT2D eigenvalue weighted by Crippen LogP contribution is -2.21. The molecule has 0 spiro atoms. The van der Waals surface area contributed by atoms with E-state index in [9.17, 15) is 9.59 Å². The second kappa shape index (κ2) is 8.55. The lowest BCUT2D eigenvalue weighted by molar-refractivity contribution is -0.135. The van der Waals surface area contributed by atoms with Crippen LogP contribution >= 0.6 is 0 Å². The number of nitrogens with zero attached hydrogens (tertiary/aromatic N) is 1. The Morgan fingerprint density at radius 3 is 2.44 bits per heavy atom. The van der Waals surface area contributed by atoms with Crippen molar-refractivity contribution in [1.82, 2.24) is 4.98 Å². The van der Waals surface area contributed by atoms with Crippen molar-refractivity contribution in [2.24, 2.45) is 0 Å². The molecule has 0 aliphatic carbocycles. The number of pyridine rings is 1. The minimum absolute atomic E-state index is 0.120. The monoisotopic (exact) mass is 459 g/mol. The molecule has 2 aromatic carbocycles. The van der Waals surface area contributed by atoms with Crippen molar-refractivity contribution in [3.63, 3.8) is 0 Å². The van der Waals surface area contributed by atoms with E-state index in [-0.39, 0.29) is 29.9 Å². The highest BCUT2D eigenvalue weighted by Crippen LogP contribution is 2.49. The summed E-state index contributed by atoms with van der Waals surface area (Å²) < 4.78 is 27.8. The highest BCUT2D eigenvalue weighted by atomic mass is 16.5. The Morgan fingerprint density at radius 2 is 1.74 bits per heavy atom. The Labute approximate surface area is 195 Å². The number of ether oxygens (including phenoxy) is 5. The predicted octanol–water partition coefficient (Wildman–Crippen LogP) is 4.16. The molecule has 2 aliphatic heterocycles. The first-order valence-corrected chi connectivity index (χ1v) is 10.6. The van der Waals surface area contributed by atoms with Crippen LogP contribution in [-0.2, 0) is 4.79 Å². The van der Waals surface area contributed by atoms with Crippen molar-refractivity contribution in [3.8, 4) is 28.7 Å². The first kappa shape index (κ1) is 21.5. The molecule has 5 rings (SSSR count). The molecule has 0 saturated carbocycles. The summed E-state index contributed by atoms with van der Waals surface area (Å²) >= 11 is 0. The van der Waals surface area contributed by atoms with Crippen LogP contribution in [0.4, 0.5) is 0 Å². The fourth-order valence-corrected chi connectivity index (χ4v) is 4.28. The number of fused-ring (bicyclic) bond motifs is 3. The second-order valence-corrected chi connectivity index (χ2v) is 7.76. The number of carbonyl (C=O) groups excluding carboxylic acids is 2. The number of rotatable bonds is 5. The van der Waals surface area contributed by atoms with Gasteiger partial charge in [0.25, 0.3) is 0 Å². The molecule has 3 aromatic rings. The van der Waals surface area contributed by atoms with Crippen LogP contribution in [0.5, 0.6) is 28.7 Å². The molecule has 8 heteroatoms. The lowest BCUT2D eigenvalue weighted by Gasteiger charge is -2.26. The first-order chi connectivity index (χ1) is 16.5. The second-order valence-electron chi connectivity index (χ2n) is 7.76. The van der Waals surface area contributed by atoms with E-state index in [4.69, 9.17) is 23.7 Å². The van der Waals surface area contributed by atoms with Gasteiger partial charge in [0.15, 0.2) is 17.3 Å². The van der Waals surface area contributed by atoms with Crippen LogP contribution in [0.2, 0.25) is 0 Å². The van der Waals surface area contributed by atoms with Gasteiger partial charge in [-0.3, -0.25) is 14.6 Å². The maximum atomic E-state index is 13.3. The maximum absolute atomic E-state index is 13.3. The third-order valence-electron chi connectivity index (χ3n) is 5.89. The van der Waals surface area contributed by atoms with Gasteiger partial charge in [-0.05, 0) is 35.9 Å². The average molecular weight is 459 g/mol. The van der Waals surface area contributed by atoms with E-state index < -0.39 is 0 Å². The van der Waals surface area contributed by atoms with E-state index in [0.29, 0.717) is 45.4 Å². The Hall–Kier alpha value is -4.33. The van der Waals surface area contributed by atoms with E-state index in [1.54, 1.807) is 48.8 Å². The number of methoxy groups -OCH3 is 3. The van der Waals surface area contributed by atoms with E-state index in [0.717, 1.165) is 5.56 Å². The zero-order chi connectivity index (χ0) is 23.8. The van der Waals surface area contributed by atoms with E-state index in [2.05, 4.69) is 4.98 Å². The SMILES string of the molecule is COc1cc(OC)c(OC)cc1/C=C1\Oc2c(ccc3c2[C@@H](c2cccnc2)CC(=O)O3)C1=O. The average Bonchev–Trinajstić information content (AvgIpc) is 3.18. The molecular formula is C26H21NO7. The highest BCUT2D eigenvalue weighted by Gasteiger charge is 2.38. The molecule has 0 N–H and O–H groups in total. The van der Waals surface area contributed by atoms with Crippen molar-refractivity contribution in [2.45, 2.75) is 12.3 Å². The summed E-state index contributed by atoms with van der Waals surface area (Å²) in [7, 11) is 4.59. The number of benzene rings is 2. The first-order valence-electron chi connectivity index (χ1n) is 10.6. The van der Waals surface area contributed by atoms with E-state index >= 15 is 0 Å². The van der Waals surface area contributed by atoms with Crippen LogP contribution in [0.15, 0.2) is 54.6 Å². The van der Waals surface area contributed by atoms with Crippen molar-refractivity contribution in [2.75, 3.05) is 21.3 Å². The van der Waals surface area contributed by atoms with Gasteiger partial charge in [-0.2, -0.15) is 0 Å². The third kappa shape index (κ3) is 3.53. The van der Waals surface area contributed by atoms with E-state index in [1.165, 1.54) is 21.3 Å². The van der Waals surface area contributed by atoms with Crippen LogP contribution < -0.4 is 23.7 Å². The lowest BCUT2D eigenvalue weighted by atomic mass is 9.85. The number of allylic oxidation sites excluding steroid dienone is 1. The van der Waals surface area contributed by atoms with Crippen LogP contribution in [-0.4, -0.2) is 38.1 Å². The molecule has 1 aromatic heterocycles. The largest absolute Gasteiger partial charge is 0.496 e. The number of hydrogen-bond donors (Lipinski definition) is 0.